The van der Waals surface area contributed by atoms with Crippen molar-refractivity contribution < 1.29 is 0 Å². The third-order valence-corrected chi connectivity index (χ3v) is 5.07. The maximum atomic E-state index is 4.71. The number of aliphatic imine (C=N–C) groups is 1. The third kappa shape index (κ3) is 2.72. The van der Waals surface area contributed by atoms with Crippen molar-refractivity contribution in [1.29, 1.82) is 0 Å². The summed E-state index contributed by atoms with van der Waals surface area (Å²) in [4.78, 5) is 12.7. The molecule has 6 rings (SSSR count). The van der Waals surface area contributed by atoms with Gasteiger partial charge in [0.1, 0.15) is 5.82 Å². The highest BCUT2D eigenvalue weighted by Gasteiger charge is 2.11. The van der Waals surface area contributed by atoms with Crippen molar-refractivity contribution in [3.8, 4) is 11.4 Å². The average Bonchev–Trinajstić information content (AvgIpc) is 3.45. The van der Waals surface area contributed by atoms with Gasteiger partial charge in [-0.15, -0.1) is 5.10 Å². The van der Waals surface area contributed by atoms with Crippen molar-refractivity contribution in [2.75, 3.05) is 0 Å². The minimum absolute atomic E-state index is 0.665. The smallest absolute Gasteiger partial charge is 0.188 e. The van der Waals surface area contributed by atoms with Crippen molar-refractivity contribution in [2.45, 2.75) is 0 Å². The lowest BCUT2D eigenvalue weighted by Crippen LogP contribution is -1.96. The van der Waals surface area contributed by atoms with Crippen LogP contribution in [0, 0.1) is 0 Å². The van der Waals surface area contributed by atoms with Crippen LogP contribution in [-0.4, -0.2) is 36.2 Å². The van der Waals surface area contributed by atoms with Crippen LogP contribution in [0.4, 0.5) is 5.69 Å². The molecule has 0 bridgehead atoms. The van der Waals surface area contributed by atoms with Crippen molar-refractivity contribution in [3.05, 3.63) is 84.4 Å². The van der Waals surface area contributed by atoms with E-state index in [2.05, 4.69) is 37.6 Å². The van der Waals surface area contributed by atoms with E-state index in [1.807, 2.05) is 66.7 Å². The lowest BCUT2D eigenvalue weighted by atomic mass is 10.1. The number of aromatic nitrogens is 6. The van der Waals surface area contributed by atoms with E-state index in [-0.39, 0.29) is 0 Å². The summed E-state index contributed by atoms with van der Waals surface area (Å²) in [6, 6.07) is 26.0. The van der Waals surface area contributed by atoms with Crippen LogP contribution in [0.2, 0.25) is 0 Å². The fourth-order valence-corrected chi connectivity index (χ4v) is 3.61. The number of rotatable bonds is 3. The summed E-state index contributed by atoms with van der Waals surface area (Å²) in [6.07, 6.45) is 1.80. The second-order valence-corrected chi connectivity index (χ2v) is 6.98. The largest absolute Gasteiger partial charge is 0.338 e. The predicted molar refractivity (Wildman–Crippen MR) is 117 cm³/mol. The van der Waals surface area contributed by atoms with Crippen LogP contribution in [-0.2, 0) is 0 Å². The van der Waals surface area contributed by atoms with Gasteiger partial charge >= 0.3 is 0 Å². The summed E-state index contributed by atoms with van der Waals surface area (Å²) in [6.45, 7) is 0. The molecule has 30 heavy (non-hydrogen) atoms. The number of pyridine rings is 1. The molecule has 0 saturated heterocycles. The SMILES string of the molecule is C(=Nc1ccccc1)c1cc2cc(-c3nc4ccccc4[nH]3)ccc2n2nnnc12. The molecule has 7 heteroatoms. The number of imidazole rings is 1. The summed E-state index contributed by atoms with van der Waals surface area (Å²) in [5.41, 5.74) is 6.26. The minimum atomic E-state index is 0.665. The van der Waals surface area contributed by atoms with Crippen molar-refractivity contribution in [3.63, 3.8) is 0 Å². The average molecular weight is 389 g/mol. The van der Waals surface area contributed by atoms with Gasteiger partial charge in [0.15, 0.2) is 5.65 Å². The number of tetrazole rings is 1. The molecule has 0 saturated carbocycles. The maximum absolute atomic E-state index is 4.71. The van der Waals surface area contributed by atoms with E-state index in [1.165, 1.54) is 0 Å². The zero-order valence-electron chi connectivity index (χ0n) is 15.8. The number of H-pyrrole nitrogens is 1. The molecule has 1 N–H and O–H groups in total. The van der Waals surface area contributed by atoms with Crippen molar-refractivity contribution in [1.82, 2.24) is 30.0 Å². The van der Waals surface area contributed by atoms with E-state index >= 15 is 0 Å². The Morgan fingerprint density at radius 3 is 2.67 bits per heavy atom. The van der Waals surface area contributed by atoms with Gasteiger partial charge in [-0.25, -0.2) is 4.98 Å². The van der Waals surface area contributed by atoms with Crippen LogP contribution in [0.5, 0.6) is 0 Å². The highest BCUT2D eigenvalue weighted by molar-refractivity contribution is 5.97. The molecule has 3 aromatic carbocycles. The Morgan fingerprint density at radius 2 is 1.77 bits per heavy atom. The Hall–Kier alpha value is -4.39. The number of hydrogen-bond donors (Lipinski definition) is 1. The molecule has 6 aromatic rings. The standard InChI is InChI=1S/C23H15N7/c1-2-6-18(7-3-1)24-14-17-13-16-12-15(10-11-21(16)30-23(17)27-28-29-30)22-25-19-8-4-5-9-20(19)26-22/h1-14H,(H,25,26). The van der Waals surface area contributed by atoms with E-state index in [4.69, 9.17) is 4.98 Å². The van der Waals surface area contributed by atoms with Crippen molar-refractivity contribution >= 4 is 39.5 Å². The lowest BCUT2D eigenvalue weighted by molar-refractivity contribution is 0.841. The van der Waals surface area contributed by atoms with Gasteiger partial charge in [-0.05, 0) is 59.0 Å². The predicted octanol–water partition coefficient (Wildman–Crippen LogP) is 4.57. The van der Waals surface area contributed by atoms with Crippen LogP contribution in [0.3, 0.4) is 0 Å². The quantitative estimate of drug-likeness (QED) is 0.449. The third-order valence-electron chi connectivity index (χ3n) is 5.07. The highest BCUT2D eigenvalue weighted by atomic mass is 15.5. The zero-order valence-corrected chi connectivity index (χ0v) is 15.8. The van der Waals surface area contributed by atoms with Gasteiger partial charge in [-0.3, -0.25) is 4.99 Å². The van der Waals surface area contributed by atoms with Crippen LogP contribution >= 0.6 is 0 Å². The molecular formula is C23H15N7. The van der Waals surface area contributed by atoms with Gasteiger partial charge < -0.3 is 4.98 Å². The van der Waals surface area contributed by atoms with E-state index < -0.39 is 0 Å². The first kappa shape index (κ1) is 16.6. The Morgan fingerprint density at radius 1 is 0.900 bits per heavy atom. The van der Waals surface area contributed by atoms with Gasteiger partial charge in [0, 0.05) is 22.7 Å². The molecule has 0 radical (unpaired) electrons. The van der Waals surface area contributed by atoms with E-state index in [9.17, 15) is 0 Å². The first-order chi connectivity index (χ1) is 14.8. The molecule has 0 aliphatic carbocycles. The summed E-state index contributed by atoms with van der Waals surface area (Å²) in [5, 5.41) is 13.2. The number of nitrogens with zero attached hydrogens (tertiary/aromatic N) is 6. The Kier molecular flexibility index (Phi) is 3.64. The normalized spacial score (nSPS) is 11.9. The number of hydrogen-bond acceptors (Lipinski definition) is 5. The van der Waals surface area contributed by atoms with E-state index in [0.29, 0.717) is 5.65 Å². The molecule has 0 aliphatic heterocycles. The minimum Gasteiger partial charge on any atom is -0.338 e. The molecule has 0 spiro atoms. The summed E-state index contributed by atoms with van der Waals surface area (Å²) in [7, 11) is 0. The molecule has 3 aromatic heterocycles. The lowest BCUT2D eigenvalue weighted by Gasteiger charge is -2.05. The van der Waals surface area contributed by atoms with Gasteiger partial charge in [-0.2, -0.15) is 4.52 Å². The number of aromatic amines is 1. The van der Waals surface area contributed by atoms with Gasteiger partial charge in [0.05, 0.1) is 22.2 Å². The molecule has 0 fully saturated rings. The number of fused-ring (bicyclic) bond motifs is 4. The van der Waals surface area contributed by atoms with Crippen LogP contribution in [0.15, 0.2) is 83.9 Å². The van der Waals surface area contributed by atoms with Gasteiger partial charge in [-0.1, -0.05) is 30.3 Å². The Balaban J connectivity index is 1.51. The zero-order chi connectivity index (χ0) is 19.9. The van der Waals surface area contributed by atoms with Gasteiger partial charge in [0.2, 0.25) is 0 Å². The molecule has 7 nitrogen and oxygen atoms in total. The molecule has 0 atom stereocenters. The maximum Gasteiger partial charge on any atom is 0.188 e. The fraction of sp³-hybridized carbons (Fsp3) is 0. The summed E-state index contributed by atoms with van der Waals surface area (Å²) in [5.74, 6) is 0.828. The van der Waals surface area contributed by atoms with E-state index in [0.717, 1.165) is 44.6 Å². The second-order valence-electron chi connectivity index (χ2n) is 6.98. The summed E-state index contributed by atoms with van der Waals surface area (Å²) < 4.78 is 1.74. The molecule has 142 valence electrons. The second kappa shape index (κ2) is 6.59. The van der Waals surface area contributed by atoms with Crippen LogP contribution in [0.25, 0.3) is 39.0 Å². The van der Waals surface area contributed by atoms with Crippen LogP contribution < -0.4 is 0 Å². The highest BCUT2D eigenvalue weighted by Crippen LogP contribution is 2.26. The molecule has 0 amide bonds. The number of benzene rings is 3. The molecule has 0 aliphatic rings. The summed E-state index contributed by atoms with van der Waals surface area (Å²) >= 11 is 0. The molecule has 0 unspecified atom stereocenters. The first-order valence-electron chi connectivity index (χ1n) is 9.54. The van der Waals surface area contributed by atoms with Crippen molar-refractivity contribution in [2.24, 2.45) is 4.99 Å². The fourth-order valence-electron chi connectivity index (χ4n) is 3.61. The molecule has 3 heterocycles. The van der Waals surface area contributed by atoms with Gasteiger partial charge in [0.25, 0.3) is 0 Å². The number of nitrogens with one attached hydrogen (secondary N) is 1. The monoisotopic (exact) mass is 389 g/mol. The number of para-hydroxylation sites is 3. The Labute approximate surface area is 170 Å². The van der Waals surface area contributed by atoms with E-state index in [1.54, 1.807) is 10.7 Å². The topological polar surface area (TPSA) is 84.1 Å². The first-order valence-corrected chi connectivity index (χ1v) is 9.54. The Bertz CT molecular complexity index is 1510. The molecular weight excluding hydrogens is 374 g/mol. The van der Waals surface area contributed by atoms with Crippen LogP contribution in [0.1, 0.15) is 5.56 Å².